The summed E-state index contributed by atoms with van der Waals surface area (Å²) in [5.74, 6) is -0.985. The van der Waals surface area contributed by atoms with Gasteiger partial charge in [-0.15, -0.1) is 0 Å². The molecule has 0 aromatic rings. The molecular weight excluding hydrogens is 148 g/mol. The van der Waals surface area contributed by atoms with E-state index in [-0.39, 0.29) is 12.5 Å². The lowest BCUT2D eigenvalue weighted by molar-refractivity contribution is -0.139. The van der Waals surface area contributed by atoms with Crippen molar-refractivity contribution in [2.75, 3.05) is 7.11 Å². The number of hydrogen-bond acceptors (Lipinski definition) is 3. The number of aliphatic hydroxyl groups is 1. The van der Waals surface area contributed by atoms with E-state index in [0.717, 1.165) is 0 Å². The van der Waals surface area contributed by atoms with Crippen LogP contribution in [0.2, 0.25) is 0 Å². The first-order chi connectivity index (χ1) is 5.06. The van der Waals surface area contributed by atoms with E-state index < -0.39 is 12.1 Å². The van der Waals surface area contributed by atoms with Crippen molar-refractivity contribution in [2.24, 2.45) is 0 Å². The first kappa shape index (κ1) is 10.4. The summed E-state index contributed by atoms with van der Waals surface area (Å²) in [7, 11) is 1.53. The smallest absolute Gasteiger partial charge is 0.305 e. The van der Waals surface area contributed by atoms with Crippen molar-refractivity contribution in [3.05, 3.63) is 0 Å². The van der Waals surface area contributed by atoms with Crippen molar-refractivity contribution in [1.29, 1.82) is 0 Å². The van der Waals surface area contributed by atoms with Gasteiger partial charge >= 0.3 is 5.97 Å². The SMILES string of the molecule is COC(C)CC(O)CC(=O)O. The molecule has 0 rings (SSSR count). The molecule has 0 aliphatic rings. The van der Waals surface area contributed by atoms with Gasteiger partial charge < -0.3 is 14.9 Å². The Balaban J connectivity index is 3.51. The Labute approximate surface area is 65.8 Å². The number of aliphatic hydroxyl groups excluding tert-OH is 1. The zero-order chi connectivity index (χ0) is 8.85. The van der Waals surface area contributed by atoms with Crippen LogP contribution in [0.25, 0.3) is 0 Å². The van der Waals surface area contributed by atoms with Gasteiger partial charge in [0.2, 0.25) is 0 Å². The van der Waals surface area contributed by atoms with Gasteiger partial charge in [0.25, 0.3) is 0 Å². The fourth-order valence-corrected chi connectivity index (χ4v) is 0.764. The molecule has 0 aliphatic heterocycles. The van der Waals surface area contributed by atoms with Gasteiger partial charge in [-0.1, -0.05) is 0 Å². The van der Waals surface area contributed by atoms with Crippen molar-refractivity contribution in [2.45, 2.75) is 32.0 Å². The second kappa shape index (κ2) is 5.09. The molecular formula is C7H14O4. The van der Waals surface area contributed by atoms with E-state index >= 15 is 0 Å². The summed E-state index contributed by atoms with van der Waals surface area (Å²) < 4.78 is 4.85. The minimum atomic E-state index is -0.985. The van der Waals surface area contributed by atoms with Crippen molar-refractivity contribution >= 4 is 5.97 Å². The van der Waals surface area contributed by atoms with Crippen LogP contribution in [-0.2, 0) is 9.53 Å². The van der Waals surface area contributed by atoms with Crippen molar-refractivity contribution in [3.8, 4) is 0 Å². The lowest BCUT2D eigenvalue weighted by Gasteiger charge is -2.12. The molecule has 2 atom stereocenters. The molecule has 0 aliphatic carbocycles. The van der Waals surface area contributed by atoms with Crippen molar-refractivity contribution in [3.63, 3.8) is 0 Å². The lowest BCUT2D eigenvalue weighted by atomic mass is 10.1. The third-order valence-electron chi connectivity index (χ3n) is 1.42. The topological polar surface area (TPSA) is 66.8 Å². The maximum atomic E-state index is 10.1. The van der Waals surface area contributed by atoms with Crippen LogP contribution in [0.3, 0.4) is 0 Å². The number of aliphatic carboxylic acids is 1. The van der Waals surface area contributed by atoms with E-state index in [1.165, 1.54) is 7.11 Å². The first-order valence-corrected chi connectivity index (χ1v) is 3.49. The molecule has 0 saturated heterocycles. The summed E-state index contributed by atoms with van der Waals surface area (Å²) >= 11 is 0. The Kier molecular flexibility index (Phi) is 4.81. The molecule has 0 spiro atoms. The molecule has 0 amide bonds. The molecule has 0 heterocycles. The number of carboxylic acids is 1. The van der Waals surface area contributed by atoms with Crippen LogP contribution >= 0.6 is 0 Å². The number of hydrogen-bond donors (Lipinski definition) is 2. The van der Waals surface area contributed by atoms with Crippen molar-refractivity contribution < 1.29 is 19.7 Å². The third kappa shape index (κ3) is 5.82. The summed E-state index contributed by atoms with van der Waals surface area (Å²) in [6, 6.07) is 0. The minimum Gasteiger partial charge on any atom is -0.481 e. The summed E-state index contributed by atoms with van der Waals surface area (Å²) in [4.78, 5) is 10.1. The Hall–Kier alpha value is -0.610. The number of methoxy groups -OCH3 is 1. The predicted molar refractivity (Wildman–Crippen MR) is 39.3 cm³/mol. The molecule has 4 nitrogen and oxygen atoms in total. The van der Waals surface area contributed by atoms with Gasteiger partial charge in [-0.2, -0.15) is 0 Å². The number of rotatable bonds is 5. The van der Waals surface area contributed by atoms with Gasteiger partial charge in [0.1, 0.15) is 0 Å². The van der Waals surface area contributed by atoms with Crippen LogP contribution in [0.5, 0.6) is 0 Å². The van der Waals surface area contributed by atoms with Gasteiger partial charge in [0.15, 0.2) is 0 Å². The summed E-state index contributed by atoms with van der Waals surface area (Å²) in [6.07, 6.45) is -0.747. The average Bonchev–Trinajstić information content (AvgIpc) is 1.85. The highest BCUT2D eigenvalue weighted by Gasteiger charge is 2.12. The fraction of sp³-hybridized carbons (Fsp3) is 0.857. The van der Waals surface area contributed by atoms with Crippen LogP contribution in [-0.4, -0.2) is 35.5 Å². The zero-order valence-corrected chi connectivity index (χ0v) is 6.78. The summed E-state index contributed by atoms with van der Waals surface area (Å²) in [5, 5.41) is 17.3. The average molecular weight is 162 g/mol. The Morgan fingerprint density at radius 3 is 2.55 bits per heavy atom. The van der Waals surface area contributed by atoms with Crippen LogP contribution in [0, 0.1) is 0 Å². The quantitative estimate of drug-likeness (QED) is 0.608. The number of ether oxygens (including phenoxy) is 1. The van der Waals surface area contributed by atoms with E-state index in [9.17, 15) is 4.79 Å². The number of carbonyl (C=O) groups is 1. The van der Waals surface area contributed by atoms with Crippen LogP contribution in [0.1, 0.15) is 19.8 Å². The minimum absolute atomic E-state index is 0.0932. The molecule has 4 heteroatoms. The second-order valence-electron chi connectivity index (χ2n) is 2.53. The number of carboxylic acid groups (broad SMARTS) is 1. The maximum Gasteiger partial charge on any atom is 0.305 e. The summed E-state index contributed by atoms with van der Waals surface area (Å²) in [5.41, 5.74) is 0. The molecule has 11 heavy (non-hydrogen) atoms. The van der Waals surface area contributed by atoms with E-state index in [1.54, 1.807) is 6.92 Å². The van der Waals surface area contributed by atoms with Crippen molar-refractivity contribution in [1.82, 2.24) is 0 Å². The van der Waals surface area contributed by atoms with Gasteiger partial charge in [-0.25, -0.2) is 0 Å². The molecule has 2 unspecified atom stereocenters. The Morgan fingerprint density at radius 1 is 1.64 bits per heavy atom. The second-order valence-corrected chi connectivity index (χ2v) is 2.53. The summed E-state index contributed by atoms with van der Waals surface area (Å²) in [6.45, 7) is 1.78. The predicted octanol–water partition coefficient (Wildman–Crippen LogP) is 0.247. The van der Waals surface area contributed by atoms with Crippen LogP contribution in [0.4, 0.5) is 0 Å². The standard InChI is InChI=1S/C7H14O4/c1-5(11-2)3-6(8)4-7(9)10/h5-6,8H,3-4H2,1-2H3,(H,9,10). The van der Waals surface area contributed by atoms with Gasteiger partial charge in [-0.05, 0) is 13.3 Å². The maximum absolute atomic E-state index is 10.1. The first-order valence-electron chi connectivity index (χ1n) is 3.49. The molecule has 66 valence electrons. The van der Waals surface area contributed by atoms with E-state index in [2.05, 4.69) is 0 Å². The highest BCUT2D eigenvalue weighted by atomic mass is 16.5. The van der Waals surface area contributed by atoms with E-state index in [1.807, 2.05) is 0 Å². The highest BCUT2D eigenvalue weighted by molar-refractivity contribution is 5.67. The largest absolute Gasteiger partial charge is 0.481 e. The zero-order valence-electron chi connectivity index (χ0n) is 6.78. The Morgan fingerprint density at radius 2 is 2.18 bits per heavy atom. The molecule has 0 saturated carbocycles. The molecule has 0 aromatic heterocycles. The van der Waals surface area contributed by atoms with Crippen LogP contribution in [0.15, 0.2) is 0 Å². The molecule has 0 bridgehead atoms. The fourth-order valence-electron chi connectivity index (χ4n) is 0.764. The van der Waals surface area contributed by atoms with Gasteiger partial charge in [0, 0.05) is 7.11 Å². The molecule has 0 fully saturated rings. The van der Waals surface area contributed by atoms with E-state index in [0.29, 0.717) is 6.42 Å². The molecule has 0 radical (unpaired) electrons. The monoisotopic (exact) mass is 162 g/mol. The molecule has 0 aromatic carbocycles. The third-order valence-corrected chi connectivity index (χ3v) is 1.42. The molecule has 2 N–H and O–H groups in total. The lowest BCUT2D eigenvalue weighted by Crippen LogP contribution is -2.19. The van der Waals surface area contributed by atoms with Crippen LogP contribution < -0.4 is 0 Å². The Bertz CT molecular complexity index is 124. The highest BCUT2D eigenvalue weighted by Crippen LogP contribution is 2.04. The van der Waals surface area contributed by atoms with Gasteiger partial charge in [-0.3, -0.25) is 4.79 Å². The normalized spacial score (nSPS) is 15.9. The van der Waals surface area contributed by atoms with E-state index in [4.69, 9.17) is 14.9 Å². The van der Waals surface area contributed by atoms with Gasteiger partial charge in [0.05, 0.1) is 18.6 Å².